The topological polar surface area (TPSA) is 54.5 Å². The quantitative estimate of drug-likeness (QED) is 0.785. The average Bonchev–Trinajstić information content (AvgIpc) is 2.80. The van der Waals surface area contributed by atoms with Gasteiger partial charge < -0.3 is 0 Å². The highest BCUT2D eigenvalue weighted by Crippen LogP contribution is 2.29. The molecule has 0 aliphatic carbocycles. The van der Waals surface area contributed by atoms with E-state index in [1.165, 1.54) is 4.68 Å². The van der Waals surface area contributed by atoms with Crippen LogP contribution < -0.4 is 0 Å². The smallest absolute Gasteiger partial charge is 0.195 e. The van der Waals surface area contributed by atoms with Gasteiger partial charge in [0.25, 0.3) is 0 Å². The first-order chi connectivity index (χ1) is 8.97. The van der Waals surface area contributed by atoms with Crippen molar-refractivity contribution in [2.45, 2.75) is 19.9 Å². The zero-order valence-electron chi connectivity index (χ0n) is 10.2. The molecular formula is C12H9F3N4. The summed E-state index contributed by atoms with van der Waals surface area (Å²) >= 11 is 0. The minimum absolute atomic E-state index is 0.0360. The summed E-state index contributed by atoms with van der Waals surface area (Å²) in [6.07, 6.45) is 0. The average molecular weight is 266 g/mol. The zero-order valence-corrected chi connectivity index (χ0v) is 10.2. The van der Waals surface area contributed by atoms with Gasteiger partial charge in [-0.1, -0.05) is 5.21 Å². The van der Waals surface area contributed by atoms with E-state index < -0.39 is 17.5 Å². The molecule has 0 radical (unpaired) electrons. The maximum absolute atomic E-state index is 13.8. The van der Waals surface area contributed by atoms with Gasteiger partial charge in [0.15, 0.2) is 23.1 Å². The van der Waals surface area contributed by atoms with Crippen molar-refractivity contribution in [3.63, 3.8) is 0 Å². The monoisotopic (exact) mass is 266 g/mol. The van der Waals surface area contributed by atoms with Gasteiger partial charge in [0.1, 0.15) is 11.8 Å². The summed E-state index contributed by atoms with van der Waals surface area (Å²) in [7, 11) is 0. The summed E-state index contributed by atoms with van der Waals surface area (Å²) in [5.74, 6) is -4.23. The Bertz CT molecular complexity index is 670. The Hall–Kier alpha value is -2.36. The molecule has 0 aliphatic rings. The van der Waals surface area contributed by atoms with E-state index in [0.29, 0.717) is 0 Å². The van der Waals surface area contributed by atoms with E-state index in [1.807, 2.05) is 0 Å². The van der Waals surface area contributed by atoms with Crippen molar-refractivity contribution in [2.24, 2.45) is 0 Å². The van der Waals surface area contributed by atoms with Crippen LogP contribution in [0.5, 0.6) is 0 Å². The number of nitriles is 1. The van der Waals surface area contributed by atoms with Crippen molar-refractivity contribution in [1.82, 2.24) is 15.0 Å². The van der Waals surface area contributed by atoms with E-state index in [9.17, 15) is 13.2 Å². The maximum atomic E-state index is 13.8. The van der Waals surface area contributed by atoms with Crippen LogP contribution in [-0.4, -0.2) is 15.0 Å². The molecule has 98 valence electrons. The number of hydrogen-bond acceptors (Lipinski definition) is 3. The first-order valence-electron chi connectivity index (χ1n) is 5.46. The lowest BCUT2D eigenvalue weighted by Gasteiger charge is -2.10. The maximum Gasteiger partial charge on any atom is 0.195 e. The summed E-state index contributed by atoms with van der Waals surface area (Å²) in [4.78, 5) is 0. The summed E-state index contributed by atoms with van der Waals surface area (Å²) in [5.41, 5.74) is -0.346. The molecule has 4 nitrogen and oxygen atoms in total. The molecule has 7 heteroatoms. The normalized spacial score (nSPS) is 10.8. The highest BCUT2D eigenvalue weighted by atomic mass is 19.2. The SMILES string of the molecule is CC(C)n1nnc(C#N)c1-c1ccc(F)c(F)c1F. The molecule has 1 aromatic heterocycles. The van der Waals surface area contributed by atoms with Gasteiger partial charge in [-0.3, -0.25) is 0 Å². The number of rotatable bonds is 2. The van der Waals surface area contributed by atoms with Crippen LogP contribution in [0.25, 0.3) is 11.3 Å². The van der Waals surface area contributed by atoms with Crippen molar-refractivity contribution < 1.29 is 13.2 Å². The van der Waals surface area contributed by atoms with Gasteiger partial charge in [-0.05, 0) is 26.0 Å². The lowest BCUT2D eigenvalue weighted by atomic mass is 10.1. The highest BCUT2D eigenvalue weighted by Gasteiger charge is 2.23. The van der Waals surface area contributed by atoms with Gasteiger partial charge in [0, 0.05) is 11.6 Å². The van der Waals surface area contributed by atoms with Crippen molar-refractivity contribution in [3.05, 3.63) is 35.3 Å². The third-order valence-electron chi connectivity index (χ3n) is 2.58. The van der Waals surface area contributed by atoms with Crippen LogP contribution in [0.4, 0.5) is 13.2 Å². The number of nitrogens with zero attached hydrogens (tertiary/aromatic N) is 4. The van der Waals surface area contributed by atoms with Crippen molar-refractivity contribution >= 4 is 0 Å². The van der Waals surface area contributed by atoms with Crippen molar-refractivity contribution in [1.29, 1.82) is 5.26 Å². The highest BCUT2D eigenvalue weighted by molar-refractivity contribution is 5.65. The molecule has 2 aromatic rings. The van der Waals surface area contributed by atoms with Crippen molar-refractivity contribution in [3.8, 4) is 17.3 Å². The predicted octanol–water partition coefficient (Wildman–Crippen LogP) is 2.81. The lowest BCUT2D eigenvalue weighted by Crippen LogP contribution is -2.07. The van der Waals surface area contributed by atoms with Crippen LogP contribution in [0, 0.1) is 28.8 Å². The summed E-state index contributed by atoms with van der Waals surface area (Å²) in [6, 6.07) is 3.40. The Morgan fingerprint density at radius 2 is 1.89 bits per heavy atom. The minimum Gasteiger partial charge on any atom is -0.241 e. The molecule has 0 aliphatic heterocycles. The van der Waals surface area contributed by atoms with Gasteiger partial charge in [-0.2, -0.15) is 5.26 Å². The molecule has 1 aromatic carbocycles. The second-order valence-electron chi connectivity index (χ2n) is 4.16. The summed E-state index contributed by atoms with van der Waals surface area (Å²) in [6.45, 7) is 3.49. The Labute approximate surface area is 107 Å². The van der Waals surface area contributed by atoms with Crippen LogP contribution >= 0.6 is 0 Å². The lowest BCUT2D eigenvalue weighted by molar-refractivity contribution is 0.447. The molecule has 1 heterocycles. The van der Waals surface area contributed by atoms with Gasteiger partial charge in [0.05, 0.1) is 0 Å². The van der Waals surface area contributed by atoms with E-state index in [-0.39, 0.29) is 23.0 Å². The van der Waals surface area contributed by atoms with E-state index in [1.54, 1.807) is 19.9 Å². The van der Waals surface area contributed by atoms with Gasteiger partial charge in [0.2, 0.25) is 0 Å². The first kappa shape index (κ1) is 13.1. The molecule has 19 heavy (non-hydrogen) atoms. The Balaban J connectivity index is 2.75. The number of aromatic nitrogens is 3. The van der Waals surface area contributed by atoms with Crippen LogP contribution in [-0.2, 0) is 0 Å². The molecule has 0 atom stereocenters. The molecule has 0 N–H and O–H groups in total. The zero-order chi connectivity index (χ0) is 14.2. The fourth-order valence-electron chi connectivity index (χ4n) is 1.69. The van der Waals surface area contributed by atoms with E-state index >= 15 is 0 Å². The third kappa shape index (κ3) is 2.05. The molecule has 0 bridgehead atoms. The van der Waals surface area contributed by atoms with Crippen LogP contribution in [0.1, 0.15) is 25.6 Å². The Kier molecular flexibility index (Phi) is 3.25. The van der Waals surface area contributed by atoms with Crippen LogP contribution in [0.3, 0.4) is 0 Å². The molecule has 0 spiro atoms. The van der Waals surface area contributed by atoms with Crippen molar-refractivity contribution in [2.75, 3.05) is 0 Å². The van der Waals surface area contributed by atoms with Gasteiger partial charge >= 0.3 is 0 Å². The standard InChI is InChI=1S/C12H9F3N4/c1-6(2)19-12(9(5-16)17-18-19)7-3-4-8(13)11(15)10(7)14/h3-4,6H,1-2H3. The predicted molar refractivity (Wildman–Crippen MR) is 60.4 cm³/mol. The molecule has 0 saturated carbocycles. The second-order valence-corrected chi connectivity index (χ2v) is 4.16. The van der Waals surface area contributed by atoms with Gasteiger partial charge in [-0.25, -0.2) is 17.9 Å². The molecule has 0 saturated heterocycles. The Morgan fingerprint density at radius 1 is 1.21 bits per heavy atom. The summed E-state index contributed by atoms with van der Waals surface area (Å²) in [5, 5.41) is 16.2. The van der Waals surface area contributed by atoms with E-state index in [2.05, 4.69) is 10.3 Å². The minimum atomic E-state index is -1.59. The van der Waals surface area contributed by atoms with Crippen LogP contribution in [0.15, 0.2) is 12.1 Å². The number of benzene rings is 1. The van der Waals surface area contributed by atoms with E-state index in [0.717, 1.165) is 12.1 Å². The molecule has 0 amide bonds. The molecule has 0 fully saturated rings. The molecule has 2 rings (SSSR count). The molecular weight excluding hydrogens is 257 g/mol. The summed E-state index contributed by atoms with van der Waals surface area (Å²) < 4.78 is 41.3. The Morgan fingerprint density at radius 3 is 2.47 bits per heavy atom. The fourth-order valence-corrected chi connectivity index (χ4v) is 1.69. The third-order valence-corrected chi connectivity index (χ3v) is 2.58. The molecule has 0 unspecified atom stereocenters. The van der Waals surface area contributed by atoms with Crippen LogP contribution in [0.2, 0.25) is 0 Å². The van der Waals surface area contributed by atoms with E-state index in [4.69, 9.17) is 5.26 Å². The largest absolute Gasteiger partial charge is 0.241 e. The second kappa shape index (κ2) is 4.72. The number of hydrogen-bond donors (Lipinski definition) is 0. The van der Waals surface area contributed by atoms with Gasteiger partial charge in [-0.15, -0.1) is 5.10 Å². The number of halogens is 3. The fraction of sp³-hybridized carbons (Fsp3) is 0.250. The first-order valence-corrected chi connectivity index (χ1v) is 5.46.